The molecule has 0 atom stereocenters. The number of hydrogen-bond acceptors (Lipinski definition) is 4. The van der Waals surface area contributed by atoms with Crippen LogP contribution in [0.4, 0.5) is 4.39 Å². The molecule has 0 unspecified atom stereocenters. The van der Waals surface area contributed by atoms with Crippen LogP contribution in [0.2, 0.25) is 0 Å². The Morgan fingerprint density at radius 2 is 1.31 bits per heavy atom. The van der Waals surface area contributed by atoms with Crippen molar-refractivity contribution >= 4 is 0 Å². The summed E-state index contributed by atoms with van der Waals surface area (Å²) in [6.07, 6.45) is 6.57. The zero-order chi connectivity index (χ0) is 20.8. The van der Waals surface area contributed by atoms with Crippen LogP contribution in [0.3, 0.4) is 0 Å². The van der Waals surface area contributed by atoms with Gasteiger partial charge in [-0.2, -0.15) is 0 Å². The van der Waals surface area contributed by atoms with Crippen molar-refractivity contribution in [3.63, 3.8) is 0 Å². The molecule has 0 aliphatic rings. The van der Waals surface area contributed by atoms with E-state index in [1.165, 1.54) is 27.3 Å². The van der Waals surface area contributed by atoms with Crippen LogP contribution in [0.5, 0.6) is 0 Å². The molecule has 0 bridgehead atoms. The molecular formula is C22H19FN4O2. The largest absolute Gasteiger partial charge is 0.284 e. The molecule has 6 nitrogen and oxygen atoms in total. The molecule has 0 N–H and O–H groups in total. The molecule has 0 radical (unpaired) electrons. The van der Waals surface area contributed by atoms with Gasteiger partial charge in [-0.3, -0.25) is 18.7 Å². The van der Waals surface area contributed by atoms with Crippen LogP contribution in [0.25, 0.3) is 11.4 Å². The van der Waals surface area contributed by atoms with E-state index in [0.717, 1.165) is 0 Å². The molecule has 0 amide bonds. The second kappa shape index (κ2) is 8.88. The third kappa shape index (κ3) is 4.90. The van der Waals surface area contributed by atoms with Crippen molar-refractivity contribution in [2.24, 2.45) is 0 Å². The Bertz CT molecular complexity index is 1230. The Hall–Kier alpha value is -3.87. The molecule has 0 saturated carbocycles. The molecule has 146 valence electrons. The quantitative estimate of drug-likeness (QED) is 0.527. The minimum atomic E-state index is -0.303. The van der Waals surface area contributed by atoms with Gasteiger partial charge < -0.3 is 0 Å². The van der Waals surface area contributed by atoms with E-state index in [9.17, 15) is 14.0 Å². The molecule has 4 aromatic rings. The highest BCUT2D eigenvalue weighted by Gasteiger charge is 2.02. The monoisotopic (exact) mass is 390 g/mol. The Labute approximate surface area is 166 Å². The molecule has 3 aromatic heterocycles. The highest BCUT2D eigenvalue weighted by Crippen LogP contribution is 2.11. The van der Waals surface area contributed by atoms with Crippen LogP contribution in [-0.4, -0.2) is 19.1 Å². The summed E-state index contributed by atoms with van der Waals surface area (Å²) in [5, 5.41) is 0. The van der Waals surface area contributed by atoms with E-state index in [4.69, 9.17) is 0 Å². The lowest BCUT2D eigenvalue weighted by Gasteiger charge is -2.05. The molecule has 7 heteroatoms. The average molecular weight is 390 g/mol. The number of hydrogen-bond donors (Lipinski definition) is 0. The predicted molar refractivity (Wildman–Crippen MR) is 109 cm³/mol. The smallest absolute Gasteiger partial charge is 0.255 e. The van der Waals surface area contributed by atoms with Crippen molar-refractivity contribution in [2.45, 2.75) is 13.8 Å². The minimum absolute atomic E-state index is 0.0834. The Balaban J connectivity index is 0.000000166. The van der Waals surface area contributed by atoms with E-state index >= 15 is 0 Å². The number of halogens is 1. The molecular weight excluding hydrogens is 371 g/mol. The van der Waals surface area contributed by atoms with Gasteiger partial charge in [0, 0.05) is 24.5 Å². The first-order valence-electron chi connectivity index (χ1n) is 8.86. The summed E-state index contributed by atoms with van der Waals surface area (Å²) in [6, 6.07) is 14.6. The zero-order valence-corrected chi connectivity index (χ0v) is 16.0. The molecule has 4 rings (SSSR count). The van der Waals surface area contributed by atoms with E-state index in [2.05, 4.69) is 9.97 Å². The van der Waals surface area contributed by atoms with Crippen LogP contribution >= 0.6 is 0 Å². The van der Waals surface area contributed by atoms with E-state index in [-0.39, 0.29) is 16.9 Å². The lowest BCUT2D eigenvalue weighted by atomic mass is 10.2. The van der Waals surface area contributed by atoms with E-state index in [1.54, 1.807) is 75.0 Å². The molecule has 29 heavy (non-hydrogen) atoms. The summed E-state index contributed by atoms with van der Waals surface area (Å²) < 4.78 is 16.2. The SMILES string of the molecule is Cc1ccc(-n2ccccc2=O)cc1F.Cc1ncc(-n2ccccc2=O)cn1. The van der Waals surface area contributed by atoms with Crippen LogP contribution in [0, 0.1) is 19.7 Å². The lowest BCUT2D eigenvalue weighted by molar-refractivity contribution is 0.617. The highest BCUT2D eigenvalue weighted by atomic mass is 19.1. The minimum Gasteiger partial charge on any atom is -0.284 e. The number of benzene rings is 1. The van der Waals surface area contributed by atoms with Gasteiger partial charge in [0.25, 0.3) is 11.1 Å². The van der Waals surface area contributed by atoms with Crippen LogP contribution in [-0.2, 0) is 0 Å². The van der Waals surface area contributed by atoms with Crippen molar-refractivity contribution in [3.8, 4) is 11.4 Å². The fourth-order valence-corrected chi connectivity index (χ4v) is 2.52. The molecule has 3 heterocycles. The molecule has 1 aromatic carbocycles. The van der Waals surface area contributed by atoms with Crippen molar-refractivity contribution in [1.82, 2.24) is 19.1 Å². The van der Waals surface area contributed by atoms with Gasteiger partial charge in [-0.1, -0.05) is 18.2 Å². The maximum atomic E-state index is 13.3. The number of aromatic nitrogens is 4. The van der Waals surface area contributed by atoms with Gasteiger partial charge in [0.05, 0.1) is 23.8 Å². The predicted octanol–water partition coefficient (Wildman–Crippen LogP) is 3.22. The first-order valence-corrected chi connectivity index (χ1v) is 8.86. The van der Waals surface area contributed by atoms with E-state index < -0.39 is 0 Å². The summed E-state index contributed by atoms with van der Waals surface area (Å²) in [7, 11) is 0. The third-order valence-corrected chi connectivity index (χ3v) is 4.12. The normalized spacial score (nSPS) is 10.2. The molecule has 0 spiro atoms. The highest BCUT2D eigenvalue weighted by molar-refractivity contribution is 5.35. The van der Waals surface area contributed by atoms with E-state index in [1.807, 2.05) is 0 Å². The fraction of sp³-hybridized carbons (Fsp3) is 0.0909. The summed E-state index contributed by atoms with van der Waals surface area (Å²) in [6.45, 7) is 3.49. The molecule has 0 fully saturated rings. The zero-order valence-electron chi connectivity index (χ0n) is 16.0. The molecule has 0 aliphatic carbocycles. The summed E-state index contributed by atoms with van der Waals surface area (Å²) >= 11 is 0. The van der Waals surface area contributed by atoms with Gasteiger partial charge in [0.15, 0.2) is 0 Å². The summed E-state index contributed by atoms with van der Waals surface area (Å²) in [4.78, 5) is 30.9. The number of nitrogens with zero attached hydrogens (tertiary/aromatic N) is 4. The van der Waals surface area contributed by atoms with Crippen molar-refractivity contribution in [3.05, 3.63) is 117 Å². The fourth-order valence-electron chi connectivity index (χ4n) is 2.52. The Kier molecular flexibility index (Phi) is 6.09. The maximum Gasteiger partial charge on any atom is 0.255 e. The van der Waals surface area contributed by atoms with Crippen LogP contribution in [0.15, 0.2) is 89.0 Å². The van der Waals surface area contributed by atoms with Crippen molar-refractivity contribution < 1.29 is 4.39 Å². The van der Waals surface area contributed by atoms with Crippen molar-refractivity contribution in [2.75, 3.05) is 0 Å². The molecule has 0 saturated heterocycles. The second-order valence-electron chi connectivity index (χ2n) is 6.24. The standard InChI is InChI=1S/C12H10FNO.C10H9N3O/c1-9-5-6-10(8-11(9)13)14-7-3-2-4-12(14)15;1-8-11-6-9(7-12-8)13-5-3-2-4-10(13)14/h2-8H,1H3;2-7H,1H3. The Morgan fingerprint density at radius 1 is 0.759 bits per heavy atom. The third-order valence-electron chi connectivity index (χ3n) is 4.12. The number of rotatable bonds is 2. The van der Waals surface area contributed by atoms with Gasteiger partial charge >= 0.3 is 0 Å². The topological polar surface area (TPSA) is 69.8 Å². The van der Waals surface area contributed by atoms with Gasteiger partial charge in [-0.15, -0.1) is 0 Å². The Morgan fingerprint density at radius 3 is 1.83 bits per heavy atom. The average Bonchev–Trinajstić information content (AvgIpc) is 2.72. The lowest BCUT2D eigenvalue weighted by Crippen LogP contribution is -2.15. The van der Waals surface area contributed by atoms with Gasteiger partial charge in [0.1, 0.15) is 11.6 Å². The second-order valence-corrected chi connectivity index (χ2v) is 6.24. The van der Waals surface area contributed by atoms with Crippen LogP contribution < -0.4 is 11.1 Å². The first kappa shape index (κ1) is 19.9. The van der Waals surface area contributed by atoms with Gasteiger partial charge in [-0.05, 0) is 43.7 Å². The number of pyridine rings is 2. The molecule has 0 aliphatic heterocycles. The van der Waals surface area contributed by atoms with Gasteiger partial charge in [0.2, 0.25) is 0 Å². The van der Waals surface area contributed by atoms with Crippen LogP contribution in [0.1, 0.15) is 11.4 Å². The first-order chi connectivity index (χ1) is 14.0. The van der Waals surface area contributed by atoms with E-state index in [0.29, 0.717) is 22.8 Å². The number of aryl methyl sites for hydroxylation is 2. The summed E-state index contributed by atoms with van der Waals surface area (Å²) in [5.74, 6) is 0.390. The summed E-state index contributed by atoms with van der Waals surface area (Å²) in [5.41, 5.74) is 1.55. The van der Waals surface area contributed by atoms with Gasteiger partial charge in [-0.25, -0.2) is 14.4 Å². The van der Waals surface area contributed by atoms with Crippen molar-refractivity contribution in [1.29, 1.82) is 0 Å². The maximum absolute atomic E-state index is 13.3.